The zero-order chi connectivity index (χ0) is 24.6. The van der Waals surface area contributed by atoms with Gasteiger partial charge in [0.1, 0.15) is 11.4 Å². The van der Waals surface area contributed by atoms with Crippen molar-refractivity contribution in [1.82, 2.24) is 15.2 Å². The minimum atomic E-state index is -0.883. The van der Waals surface area contributed by atoms with E-state index in [1.54, 1.807) is 22.0 Å². The minimum absolute atomic E-state index is 0.0328. The van der Waals surface area contributed by atoms with Crippen LogP contribution >= 0.6 is 0 Å². The Morgan fingerprint density at radius 2 is 2.00 bits per heavy atom. The second-order valence-corrected chi connectivity index (χ2v) is 9.74. The molecule has 3 aliphatic rings. The number of rotatable bonds is 4. The van der Waals surface area contributed by atoms with Crippen LogP contribution in [0, 0.1) is 17.7 Å². The third-order valence-electron chi connectivity index (χ3n) is 7.16. The highest BCUT2D eigenvalue weighted by Gasteiger charge is 2.44. The molecular formula is C27H33FN4O2. The molecule has 0 aliphatic carbocycles. The first-order chi connectivity index (χ1) is 16.2. The van der Waals surface area contributed by atoms with Crippen LogP contribution in [0.4, 0.5) is 4.39 Å². The van der Waals surface area contributed by atoms with Gasteiger partial charge in [-0.25, -0.2) is 9.40 Å². The largest absolute Gasteiger partial charge is 0.352 e. The van der Waals surface area contributed by atoms with E-state index in [1.807, 2.05) is 27.0 Å². The summed E-state index contributed by atoms with van der Waals surface area (Å²) in [6.45, 7) is 11.0. The van der Waals surface area contributed by atoms with E-state index in [4.69, 9.17) is 5.10 Å². The number of benzene rings is 1. The number of hydrogen-bond acceptors (Lipinski definition) is 4. The monoisotopic (exact) mass is 464 g/mol. The van der Waals surface area contributed by atoms with E-state index >= 15 is 0 Å². The number of amides is 2. The number of halogens is 1. The normalized spacial score (nSPS) is 25.0. The van der Waals surface area contributed by atoms with E-state index < -0.39 is 5.54 Å². The van der Waals surface area contributed by atoms with Crippen LogP contribution in [0.5, 0.6) is 0 Å². The van der Waals surface area contributed by atoms with Crippen LogP contribution in [-0.2, 0) is 9.59 Å². The summed E-state index contributed by atoms with van der Waals surface area (Å²) < 4.78 is 13.5. The van der Waals surface area contributed by atoms with Crippen LogP contribution in [0.25, 0.3) is 0 Å². The lowest BCUT2D eigenvalue weighted by atomic mass is 9.89. The molecule has 1 fully saturated rings. The number of fused-ring (bicyclic) bond motifs is 1. The predicted octanol–water partition coefficient (Wildman–Crippen LogP) is 4.36. The molecule has 7 heteroatoms. The topological polar surface area (TPSA) is 65.0 Å². The van der Waals surface area contributed by atoms with E-state index in [9.17, 15) is 14.0 Å². The summed E-state index contributed by atoms with van der Waals surface area (Å²) >= 11 is 0. The lowest BCUT2D eigenvalue weighted by Gasteiger charge is -2.44. The van der Waals surface area contributed by atoms with Crippen LogP contribution in [0.2, 0.25) is 0 Å². The number of allylic oxidation sites excluding steroid dienone is 3. The fraction of sp³-hybridized carbons (Fsp3) is 0.444. The molecular weight excluding hydrogens is 431 g/mol. The van der Waals surface area contributed by atoms with Gasteiger partial charge < -0.3 is 10.2 Å². The maximum atomic E-state index is 13.8. The first-order valence-electron chi connectivity index (χ1n) is 12.0. The summed E-state index contributed by atoms with van der Waals surface area (Å²) in [7, 11) is 0. The van der Waals surface area contributed by atoms with Gasteiger partial charge in [0.15, 0.2) is 0 Å². The van der Waals surface area contributed by atoms with E-state index in [0.29, 0.717) is 37.2 Å². The summed E-state index contributed by atoms with van der Waals surface area (Å²) in [5.74, 6) is -0.338. The average molecular weight is 465 g/mol. The van der Waals surface area contributed by atoms with Crippen molar-refractivity contribution in [2.75, 3.05) is 13.1 Å². The van der Waals surface area contributed by atoms with Gasteiger partial charge in [0.2, 0.25) is 5.91 Å². The van der Waals surface area contributed by atoms with Crippen LogP contribution < -0.4 is 5.32 Å². The maximum Gasteiger partial charge on any atom is 0.252 e. The molecule has 0 spiro atoms. The van der Waals surface area contributed by atoms with Crippen LogP contribution in [-0.4, -0.2) is 46.1 Å². The number of hydrazone groups is 1. The summed E-state index contributed by atoms with van der Waals surface area (Å²) in [5.41, 5.74) is 3.35. The number of nitrogens with one attached hydrogen (secondary N) is 1. The summed E-state index contributed by atoms with van der Waals surface area (Å²) in [6.07, 6.45) is 7.24. The number of piperazine rings is 1. The molecule has 2 amide bonds. The second-order valence-electron chi connectivity index (χ2n) is 9.74. The molecule has 2 atom stereocenters. The zero-order valence-electron chi connectivity index (χ0n) is 20.6. The van der Waals surface area contributed by atoms with Gasteiger partial charge in [-0.2, -0.15) is 5.10 Å². The van der Waals surface area contributed by atoms with Gasteiger partial charge in [0, 0.05) is 30.4 Å². The number of carbonyl (C=O) groups is 2. The third-order valence-corrected chi connectivity index (χ3v) is 7.16. The van der Waals surface area contributed by atoms with Crippen molar-refractivity contribution in [3.8, 4) is 0 Å². The molecule has 4 rings (SSSR count). The standard InChI is InChI=1S/C27H33FN4O2/c1-6-27(5)26(34)29-13-14-31(27)25(33)22-16-32-24(12-7-18(22)4)21(17(2)3)15-23(30-32)19-8-10-20(28)11-9-19/h8-12,15-18H,6-7,13-14H2,1-5H3,(H,29,34). The van der Waals surface area contributed by atoms with Crippen molar-refractivity contribution in [2.45, 2.75) is 53.0 Å². The molecule has 1 aromatic rings. The van der Waals surface area contributed by atoms with Gasteiger partial charge in [0.05, 0.1) is 11.4 Å². The molecule has 1 N–H and O–H groups in total. The average Bonchev–Trinajstić information content (AvgIpc) is 2.99. The molecule has 3 heterocycles. The quantitative estimate of drug-likeness (QED) is 0.720. The highest BCUT2D eigenvalue weighted by atomic mass is 19.1. The molecule has 180 valence electrons. The zero-order valence-corrected chi connectivity index (χ0v) is 20.6. The molecule has 1 aromatic carbocycles. The van der Waals surface area contributed by atoms with Gasteiger partial charge in [-0.15, -0.1) is 0 Å². The van der Waals surface area contributed by atoms with Crippen LogP contribution in [0.15, 0.2) is 64.6 Å². The molecule has 6 nitrogen and oxygen atoms in total. The molecule has 0 saturated carbocycles. The van der Waals surface area contributed by atoms with Gasteiger partial charge in [-0.05, 0) is 67.5 Å². The van der Waals surface area contributed by atoms with E-state index in [1.165, 1.54) is 12.1 Å². The van der Waals surface area contributed by atoms with E-state index in [2.05, 4.69) is 31.3 Å². The van der Waals surface area contributed by atoms with E-state index in [0.717, 1.165) is 16.8 Å². The summed E-state index contributed by atoms with van der Waals surface area (Å²) in [6, 6.07) is 6.28. The Morgan fingerprint density at radius 1 is 1.29 bits per heavy atom. The Morgan fingerprint density at radius 3 is 2.65 bits per heavy atom. The molecule has 1 saturated heterocycles. The smallest absolute Gasteiger partial charge is 0.252 e. The molecule has 2 unspecified atom stereocenters. The first-order valence-corrected chi connectivity index (χ1v) is 12.0. The molecule has 0 aromatic heterocycles. The van der Waals surface area contributed by atoms with Crippen molar-refractivity contribution in [3.05, 3.63) is 70.8 Å². The van der Waals surface area contributed by atoms with Gasteiger partial charge in [0.25, 0.3) is 5.91 Å². The van der Waals surface area contributed by atoms with Crippen molar-refractivity contribution in [1.29, 1.82) is 0 Å². The van der Waals surface area contributed by atoms with Gasteiger partial charge in [-0.3, -0.25) is 9.59 Å². The molecule has 3 aliphatic heterocycles. The lowest BCUT2D eigenvalue weighted by Crippen LogP contribution is -2.65. The SMILES string of the molecule is CCC1(C)C(=O)NCCN1C(=O)C1=CN2N=C(c3ccc(F)cc3)C=C(C(C)C)C2=CCC1C. The predicted molar refractivity (Wildman–Crippen MR) is 131 cm³/mol. The van der Waals surface area contributed by atoms with Gasteiger partial charge >= 0.3 is 0 Å². The Balaban J connectivity index is 1.77. The fourth-order valence-electron chi connectivity index (χ4n) is 4.70. The number of nitrogens with zero attached hydrogens (tertiary/aromatic N) is 3. The Bertz CT molecular complexity index is 1120. The van der Waals surface area contributed by atoms with E-state index in [-0.39, 0.29) is 29.5 Å². The van der Waals surface area contributed by atoms with Crippen molar-refractivity contribution >= 4 is 17.5 Å². The summed E-state index contributed by atoms with van der Waals surface area (Å²) in [4.78, 5) is 28.2. The number of hydrogen-bond donors (Lipinski definition) is 1. The minimum Gasteiger partial charge on any atom is -0.352 e. The summed E-state index contributed by atoms with van der Waals surface area (Å²) in [5, 5.41) is 9.52. The van der Waals surface area contributed by atoms with Crippen molar-refractivity contribution in [3.63, 3.8) is 0 Å². The Hall–Kier alpha value is -3.22. The second kappa shape index (κ2) is 9.20. The molecule has 0 radical (unpaired) electrons. The lowest BCUT2D eigenvalue weighted by molar-refractivity contribution is -0.148. The highest BCUT2D eigenvalue weighted by Crippen LogP contribution is 2.35. The number of carbonyl (C=O) groups excluding carboxylic acids is 2. The molecule has 34 heavy (non-hydrogen) atoms. The molecule has 0 bridgehead atoms. The van der Waals surface area contributed by atoms with Gasteiger partial charge in [-0.1, -0.05) is 33.8 Å². The fourth-order valence-corrected chi connectivity index (χ4v) is 4.70. The Labute approximate surface area is 200 Å². The Kier molecular flexibility index (Phi) is 6.47. The van der Waals surface area contributed by atoms with Crippen molar-refractivity contribution in [2.24, 2.45) is 16.9 Å². The maximum absolute atomic E-state index is 13.8. The first kappa shape index (κ1) is 23.9. The van der Waals surface area contributed by atoms with Crippen LogP contribution in [0.1, 0.15) is 53.0 Å². The highest BCUT2D eigenvalue weighted by molar-refractivity contribution is 6.10. The van der Waals surface area contributed by atoms with Crippen LogP contribution in [0.3, 0.4) is 0 Å². The van der Waals surface area contributed by atoms with Crippen molar-refractivity contribution < 1.29 is 14.0 Å². The third kappa shape index (κ3) is 4.19.